The molecule has 138 valence electrons. The zero-order valence-corrected chi connectivity index (χ0v) is 15.2. The lowest BCUT2D eigenvalue weighted by Gasteiger charge is -2.01. The maximum absolute atomic E-state index is 11.5. The van der Waals surface area contributed by atoms with E-state index in [2.05, 4.69) is 4.74 Å². The Labute approximate surface area is 151 Å². The standard InChI is InChI=1S/C12H14O4S.C6H10O2/c1-2-4-11(14)16-12(15)7-6-9(13)10-5-3-8-17-10;7-6(8)5-3-1-2-4-5/h3,5,8H,2,4,6-7H2,1H3;5H,1-4H2,(H,7,8). The molecule has 1 fully saturated rings. The van der Waals surface area contributed by atoms with Gasteiger partial charge < -0.3 is 9.84 Å². The Morgan fingerprint density at radius 2 is 1.76 bits per heavy atom. The molecule has 1 aromatic heterocycles. The van der Waals surface area contributed by atoms with Crippen LogP contribution in [0.3, 0.4) is 0 Å². The highest BCUT2D eigenvalue weighted by molar-refractivity contribution is 7.12. The van der Waals surface area contributed by atoms with Gasteiger partial charge in [-0.05, 0) is 30.7 Å². The van der Waals surface area contributed by atoms with Crippen molar-refractivity contribution in [3.63, 3.8) is 0 Å². The molecule has 0 aromatic carbocycles. The zero-order chi connectivity index (χ0) is 18.7. The fourth-order valence-corrected chi connectivity index (χ4v) is 3.08. The predicted octanol–water partition coefficient (Wildman–Crippen LogP) is 3.84. The third kappa shape index (κ3) is 8.58. The molecule has 25 heavy (non-hydrogen) atoms. The Bertz CT molecular complexity index is 572. The Hall–Kier alpha value is -2.02. The van der Waals surface area contributed by atoms with Crippen molar-refractivity contribution in [2.75, 3.05) is 0 Å². The van der Waals surface area contributed by atoms with Gasteiger partial charge in [0.15, 0.2) is 5.78 Å². The van der Waals surface area contributed by atoms with Crippen LogP contribution in [-0.4, -0.2) is 28.8 Å². The number of rotatable bonds is 7. The molecule has 0 amide bonds. The topological polar surface area (TPSA) is 97.7 Å². The van der Waals surface area contributed by atoms with Gasteiger partial charge in [-0.2, -0.15) is 0 Å². The van der Waals surface area contributed by atoms with E-state index in [1.807, 2.05) is 6.92 Å². The number of ether oxygens (including phenoxy) is 1. The number of hydrogen-bond donors (Lipinski definition) is 1. The van der Waals surface area contributed by atoms with Crippen molar-refractivity contribution in [2.24, 2.45) is 5.92 Å². The van der Waals surface area contributed by atoms with Gasteiger partial charge in [-0.25, -0.2) is 0 Å². The van der Waals surface area contributed by atoms with Gasteiger partial charge in [0, 0.05) is 12.8 Å². The summed E-state index contributed by atoms with van der Waals surface area (Å²) in [5.74, 6) is -1.88. The van der Waals surface area contributed by atoms with Gasteiger partial charge in [0.2, 0.25) is 0 Å². The summed E-state index contributed by atoms with van der Waals surface area (Å²) < 4.78 is 4.53. The van der Waals surface area contributed by atoms with Crippen LogP contribution in [0, 0.1) is 5.92 Å². The maximum Gasteiger partial charge on any atom is 0.313 e. The van der Waals surface area contributed by atoms with E-state index in [9.17, 15) is 19.2 Å². The highest BCUT2D eigenvalue weighted by atomic mass is 32.1. The summed E-state index contributed by atoms with van der Waals surface area (Å²) in [7, 11) is 0. The van der Waals surface area contributed by atoms with Crippen LogP contribution in [0.1, 0.15) is 68.0 Å². The number of carboxylic acid groups (broad SMARTS) is 1. The predicted molar refractivity (Wildman–Crippen MR) is 93.5 cm³/mol. The molecule has 0 radical (unpaired) electrons. The average Bonchev–Trinajstić information content (AvgIpc) is 3.26. The summed E-state index contributed by atoms with van der Waals surface area (Å²) in [6.45, 7) is 1.83. The molecule has 7 heteroatoms. The molecule has 6 nitrogen and oxygen atoms in total. The summed E-state index contributed by atoms with van der Waals surface area (Å²) in [5.41, 5.74) is 0. The first-order valence-electron chi connectivity index (χ1n) is 8.47. The van der Waals surface area contributed by atoms with E-state index in [-0.39, 0.29) is 31.0 Å². The van der Waals surface area contributed by atoms with Crippen LogP contribution in [0.25, 0.3) is 0 Å². The molecule has 0 aliphatic heterocycles. The number of esters is 2. The van der Waals surface area contributed by atoms with Crippen molar-refractivity contribution < 1.29 is 29.0 Å². The first-order chi connectivity index (χ1) is 11.9. The molecule has 0 atom stereocenters. The maximum atomic E-state index is 11.5. The summed E-state index contributed by atoms with van der Waals surface area (Å²) in [5, 5.41) is 10.2. The van der Waals surface area contributed by atoms with Crippen molar-refractivity contribution in [2.45, 2.75) is 58.3 Å². The minimum absolute atomic E-state index is 0.0185. The zero-order valence-electron chi connectivity index (χ0n) is 14.4. The van der Waals surface area contributed by atoms with Crippen molar-refractivity contribution in [3.05, 3.63) is 22.4 Å². The van der Waals surface area contributed by atoms with Gasteiger partial charge in [0.1, 0.15) is 0 Å². The number of carboxylic acids is 1. The molecule has 0 bridgehead atoms. The van der Waals surface area contributed by atoms with Crippen molar-refractivity contribution in [1.29, 1.82) is 0 Å². The van der Waals surface area contributed by atoms with E-state index in [1.54, 1.807) is 17.5 Å². The second-order valence-corrected chi connectivity index (χ2v) is 6.76. The smallest absolute Gasteiger partial charge is 0.313 e. The van der Waals surface area contributed by atoms with E-state index < -0.39 is 17.9 Å². The minimum Gasteiger partial charge on any atom is -0.481 e. The summed E-state index contributed by atoms with van der Waals surface area (Å²) in [6.07, 6.45) is 4.91. The van der Waals surface area contributed by atoms with Gasteiger partial charge in [0.05, 0.1) is 17.2 Å². The van der Waals surface area contributed by atoms with E-state index in [1.165, 1.54) is 11.3 Å². The average molecular weight is 368 g/mol. The Morgan fingerprint density at radius 3 is 2.24 bits per heavy atom. The summed E-state index contributed by atoms with van der Waals surface area (Å²) in [4.78, 5) is 44.6. The highest BCUT2D eigenvalue weighted by Gasteiger charge is 2.21. The quantitative estimate of drug-likeness (QED) is 0.446. The molecule has 1 saturated carbocycles. The Kier molecular flexibility index (Phi) is 9.69. The van der Waals surface area contributed by atoms with E-state index in [0.29, 0.717) is 11.3 Å². The van der Waals surface area contributed by atoms with Crippen LogP contribution in [0.15, 0.2) is 17.5 Å². The van der Waals surface area contributed by atoms with Gasteiger partial charge in [-0.3, -0.25) is 19.2 Å². The Balaban J connectivity index is 0.000000324. The van der Waals surface area contributed by atoms with Crippen molar-refractivity contribution in [3.8, 4) is 0 Å². The number of aliphatic carboxylic acids is 1. The molecule has 1 aliphatic rings. The molecule has 0 spiro atoms. The van der Waals surface area contributed by atoms with Gasteiger partial charge >= 0.3 is 17.9 Å². The number of carbonyl (C=O) groups excluding carboxylic acids is 3. The summed E-state index contributed by atoms with van der Waals surface area (Å²) >= 11 is 1.34. The number of ketones is 1. The lowest BCUT2D eigenvalue weighted by atomic mass is 10.1. The van der Waals surface area contributed by atoms with Crippen molar-refractivity contribution in [1.82, 2.24) is 0 Å². The largest absolute Gasteiger partial charge is 0.481 e. The first kappa shape index (κ1) is 21.0. The molecule has 1 aromatic rings. The molecule has 0 saturated heterocycles. The van der Waals surface area contributed by atoms with Crippen LogP contribution in [0.2, 0.25) is 0 Å². The molecule has 0 unspecified atom stereocenters. The van der Waals surface area contributed by atoms with Crippen molar-refractivity contribution >= 4 is 35.0 Å². The van der Waals surface area contributed by atoms with Gasteiger partial charge in [0.25, 0.3) is 0 Å². The third-order valence-electron chi connectivity index (χ3n) is 3.74. The van der Waals surface area contributed by atoms with E-state index >= 15 is 0 Å². The molecular weight excluding hydrogens is 344 g/mol. The number of Topliss-reactive ketones (excluding diaryl/α,β-unsaturated/α-hetero) is 1. The first-order valence-corrected chi connectivity index (χ1v) is 9.35. The van der Waals surface area contributed by atoms with Gasteiger partial charge in [-0.1, -0.05) is 25.8 Å². The highest BCUT2D eigenvalue weighted by Crippen LogP contribution is 2.24. The second kappa shape index (κ2) is 11.5. The fourth-order valence-electron chi connectivity index (χ4n) is 2.38. The normalized spacial score (nSPS) is 13.6. The molecule has 1 N–H and O–H groups in total. The van der Waals surface area contributed by atoms with Crippen LogP contribution in [0.5, 0.6) is 0 Å². The van der Waals surface area contributed by atoms with Crippen LogP contribution < -0.4 is 0 Å². The summed E-state index contributed by atoms with van der Waals surface area (Å²) in [6, 6.07) is 3.49. The number of carbonyl (C=O) groups is 4. The second-order valence-electron chi connectivity index (χ2n) is 5.82. The molecule has 1 heterocycles. The third-order valence-corrected chi connectivity index (χ3v) is 4.65. The van der Waals surface area contributed by atoms with Crippen LogP contribution >= 0.6 is 11.3 Å². The molecule has 2 rings (SSSR count). The SMILES string of the molecule is CCCC(=O)OC(=O)CCC(=O)c1cccs1.O=C(O)C1CCCC1. The minimum atomic E-state index is -0.631. The lowest BCUT2D eigenvalue weighted by Crippen LogP contribution is -2.13. The fraction of sp³-hybridized carbons (Fsp3) is 0.556. The Morgan fingerprint density at radius 1 is 1.12 bits per heavy atom. The molecule has 1 aliphatic carbocycles. The monoisotopic (exact) mass is 368 g/mol. The van der Waals surface area contributed by atoms with E-state index in [4.69, 9.17) is 5.11 Å². The van der Waals surface area contributed by atoms with Gasteiger partial charge in [-0.15, -0.1) is 11.3 Å². The van der Waals surface area contributed by atoms with Crippen LogP contribution in [-0.2, 0) is 19.1 Å². The lowest BCUT2D eigenvalue weighted by molar-refractivity contribution is -0.159. The number of hydrogen-bond acceptors (Lipinski definition) is 6. The number of thiophene rings is 1. The van der Waals surface area contributed by atoms with E-state index in [0.717, 1.165) is 25.7 Å². The van der Waals surface area contributed by atoms with Crippen LogP contribution in [0.4, 0.5) is 0 Å². The molecular formula is C18H24O6S.